The topological polar surface area (TPSA) is 107 Å². The molecule has 4 saturated heterocycles. The molecular weight excluding hydrogens is 550 g/mol. The molecule has 5 heterocycles. The lowest BCUT2D eigenvalue weighted by Gasteiger charge is -2.63. The lowest BCUT2D eigenvalue weighted by molar-refractivity contribution is -0.204. The van der Waals surface area contributed by atoms with Gasteiger partial charge in [0.05, 0.1) is 25.7 Å². The molecule has 7 rings (SSSR count). The Morgan fingerprint density at radius 3 is 2.40 bits per heavy atom. The Balaban J connectivity index is 1.52. The van der Waals surface area contributed by atoms with Crippen LogP contribution in [-0.4, -0.2) is 75.7 Å². The third-order valence-corrected chi connectivity index (χ3v) is 9.18. The van der Waals surface area contributed by atoms with Gasteiger partial charge in [-0.05, 0) is 69.4 Å². The number of amides is 2. The fourth-order valence-electron chi connectivity index (χ4n) is 7.31. The van der Waals surface area contributed by atoms with Crippen LogP contribution in [0, 0.1) is 5.92 Å². The molecule has 4 aliphatic heterocycles. The molecule has 3 atom stereocenters. The maximum absolute atomic E-state index is 14.7. The van der Waals surface area contributed by atoms with E-state index in [9.17, 15) is 19.2 Å². The maximum Gasteiger partial charge on any atom is 0.419 e. The summed E-state index contributed by atoms with van der Waals surface area (Å²) >= 11 is 0. The predicted octanol–water partition coefficient (Wildman–Crippen LogP) is 4.31. The van der Waals surface area contributed by atoms with Gasteiger partial charge in [0.2, 0.25) is 5.91 Å². The van der Waals surface area contributed by atoms with Crippen LogP contribution in [-0.2, 0) is 36.8 Å². The van der Waals surface area contributed by atoms with E-state index in [-0.39, 0.29) is 31.2 Å². The molecule has 10 nitrogen and oxygen atoms in total. The predicted molar refractivity (Wildman–Crippen MR) is 157 cm³/mol. The number of hydrogen-bond acceptors (Lipinski definition) is 7. The van der Waals surface area contributed by atoms with Crippen molar-refractivity contribution in [1.82, 2.24) is 14.4 Å². The van der Waals surface area contributed by atoms with Gasteiger partial charge >= 0.3 is 12.1 Å². The van der Waals surface area contributed by atoms with Crippen molar-refractivity contribution in [1.29, 1.82) is 0 Å². The number of hydrogen-bond donors (Lipinski definition) is 0. The van der Waals surface area contributed by atoms with Crippen LogP contribution in [0.4, 0.5) is 4.79 Å². The largest absolute Gasteiger partial charge is 0.497 e. The van der Waals surface area contributed by atoms with E-state index in [1.54, 1.807) is 43.9 Å². The Bertz CT molecular complexity index is 1620. The number of piperidine rings is 2. The van der Waals surface area contributed by atoms with E-state index in [2.05, 4.69) is 0 Å². The van der Waals surface area contributed by atoms with Gasteiger partial charge in [-0.15, -0.1) is 0 Å². The average molecular weight is 588 g/mol. The highest BCUT2D eigenvalue weighted by Crippen LogP contribution is 2.55. The first-order valence-corrected chi connectivity index (χ1v) is 14.6. The minimum absolute atomic E-state index is 0.0242. The third-order valence-electron chi connectivity index (χ3n) is 9.18. The zero-order valence-electron chi connectivity index (χ0n) is 25.2. The number of ether oxygens (including phenoxy) is 3. The van der Waals surface area contributed by atoms with Crippen LogP contribution in [0.1, 0.15) is 51.2 Å². The number of carbonyl (C=O) groups excluding carboxylic acids is 4. The van der Waals surface area contributed by atoms with Gasteiger partial charge in [0.1, 0.15) is 22.4 Å². The van der Waals surface area contributed by atoms with E-state index in [0.717, 1.165) is 10.9 Å². The Morgan fingerprint density at radius 2 is 1.72 bits per heavy atom. The lowest BCUT2D eigenvalue weighted by Crippen LogP contribution is -2.83. The number of para-hydroxylation sites is 1. The molecule has 4 fully saturated rings. The monoisotopic (exact) mass is 587 g/mol. The number of aromatic nitrogens is 1. The molecule has 1 aromatic heterocycles. The first-order valence-electron chi connectivity index (χ1n) is 14.6. The van der Waals surface area contributed by atoms with Crippen molar-refractivity contribution in [3.8, 4) is 5.75 Å². The van der Waals surface area contributed by atoms with E-state index in [1.807, 2.05) is 48.5 Å². The number of fused-ring (bicyclic) bond motifs is 3. The number of piperazine rings is 1. The van der Waals surface area contributed by atoms with Crippen molar-refractivity contribution in [2.24, 2.45) is 5.92 Å². The molecule has 2 amide bonds. The van der Waals surface area contributed by atoms with Gasteiger partial charge in [0.25, 0.3) is 5.91 Å². The summed E-state index contributed by atoms with van der Waals surface area (Å²) in [5.41, 5.74) is -1.28. The van der Waals surface area contributed by atoms with Gasteiger partial charge in [-0.3, -0.25) is 19.0 Å². The number of nitrogens with zero attached hydrogens (tertiary/aromatic N) is 3. The fraction of sp³-hybridized carbons (Fsp3) is 0.455. The summed E-state index contributed by atoms with van der Waals surface area (Å²) < 4.78 is 17.7. The van der Waals surface area contributed by atoms with Crippen LogP contribution in [0.15, 0.2) is 54.7 Å². The smallest absolute Gasteiger partial charge is 0.419 e. The van der Waals surface area contributed by atoms with Gasteiger partial charge in [-0.1, -0.05) is 30.3 Å². The van der Waals surface area contributed by atoms with Crippen LogP contribution in [0.5, 0.6) is 5.75 Å². The Morgan fingerprint density at radius 1 is 1.00 bits per heavy atom. The highest BCUT2D eigenvalue weighted by molar-refractivity contribution is 6.08. The summed E-state index contributed by atoms with van der Waals surface area (Å²) in [6.45, 7) is 5.97. The van der Waals surface area contributed by atoms with E-state index in [4.69, 9.17) is 14.2 Å². The van der Waals surface area contributed by atoms with Gasteiger partial charge in [-0.2, -0.15) is 0 Å². The summed E-state index contributed by atoms with van der Waals surface area (Å²) in [5, 5.41) is 0.736. The molecule has 0 aliphatic carbocycles. The number of carbonyl (C=O) groups is 4. The summed E-state index contributed by atoms with van der Waals surface area (Å²) in [6, 6.07) is 14.7. The normalized spacial score (nSPS) is 24.8. The second-order valence-electron chi connectivity index (χ2n) is 12.7. The van der Waals surface area contributed by atoms with Gasteiger partial charge in [0, 0.05) is 31.1 Å². The van der Waals surface area contributed by atoms with Gasteiger partial charge < -0.3 is 24.0 Å². The van der Waals surface area contributed by atoms with E-state index in [0.29, 0.717) is 36.2 Å². The molecule has 0 saturated carbocycles. The summed E-state index contributed by atoms with van der Waals surface area (Å²) in [7, 11) is 2.90. The molecular formula is C33H37N3O7. The fourth-order valence-corrected chi connectivity index (χ4v) is 7.31. The second-order valence-corrected chi connectivity index (χ2v) is 12.7. The molecule has 1 spiro atoms. The SMILES string of the molecule is COC(=O)[C@H]1C[C@@]23CCCN2C(=O)[C@]1(Cc1cn(C(=O)OC(C)(C)C)c2ccccc12)N(Cc1ccc(OC)cc1)C3=O. The summed E-state index contributed by atoms with van der Waals surface area (Å²) in [6.07, 6.45) is 2.52. The van der Waals surface area contributed by atoms with Crippen LogP contribution >= 0.6 is 0 Å². The second kappa shape index (κ2) is 10.1. The quantitative estimate of drug-likeness (QED) is 0.396. The van der Waals surface area contributed by atoms with Crippen LogP contribution in [0.25, 0.3) is 10.9 Å². The first kappa shape index (κ1) is 28.8. The number of benzene rings is 2. The molecule has 0 radical (unpaired) electrons. The Hall–Kier alpha value is -4.34. The minimum atomic E-state index is -1.56. The highest BCUT2D eigenvalue weighted by atomic mass is 16.6. The molecule has 4 aliphatic rings. The highest BCUT2D eigenvalue weighted by Gasteiger charge is 2.74. The van der Waals surface area contributed by atoms with E-state index < -0.39 is 34.7 Å². The Kier molecular flexibility index (Phi) is 6.78. The molecule has 226 valence electrons. The van der Waals surface area contributed by atoms with Gasteiger partial charge in [0.15, 0.2) is 0 Å². The van der Waals surface area contributed by atoms with Gasteiger partial charge in [-0.25, -0.2) is 4.79 Å². The van der Waals surface area contributed by atoms with Crippen LogP contribution in [0.2, 0.25) is 0 Å². The third kappa shape index (κ3) is 4.37. The minimum Gasteiger partial charge on any atom is -0.497 e. The molecule has 0 unspecified atom stereocenters. The molecule has 2 aromatic carbocycles. The lowest BCUT2D eigenvalue weighted by atomic mass is 9.61. The summed E-state index contributed by atoms with van der Waals surface area (Å²) in [4.78, 5) is 59.5. The standard InChI is InChI=1S/C33H37N3O7/c1-31(2,3)43-30(40)34-20-22(24-9-6-7-10-26(24)34)17-33-25(27(37)42-5)18-32(15-8-16-35(32)29(33)39)28(38)36(33)19-21-11-13-23(41-4)14-12-21/h6-7,9-14,20,25H,8,15-19H2,1-5H3/t25-,32-,33-/m1/s1. The molecule has 3 aromatic rings. The van der Waals surface area contributed by atoms with Crippen molar-refractivity contribution in [3.63, 3.8) is 0 Å². The van der Waals surface area contributed by atoms with Crippen LogP contribution in [0.3, 0.4) is 0 Å². The maximum atomic E-state index is 14.7. The van der Waals surface area contributed by atoms with Crippen molar-refractivity contribution in [3.05, 3.63) is 65.9 Å². The Labute approximate surface area is 250 Å². The van der Waals surface area contributed by atoms with Crippen LogP contribution < -0.4 is 4.74 Å². The molecule has 10 heteroatoms. The average Bonchev–Trinajstić information content (AvgIpc) is 3.58. The molecule has 2 bridgehead atoms. The number of methoxy groups -OCH3 is 2. The zero-order chi connectivity index (χ0) is 30.7. The molecule has 0 N–H and O–H groups in total. The van der Waals surface area contributed by atoms with Crippen molar-refractivity contribution >= 4 is 34.8 Å². The zero-order valence-corrected chi connectivity index (χ0v) is 25.2. The molecule has 43 heavy (non-hydrogen) atoms. The number of esters is 1. The summed E-state index contributed by atoms with van der Waals surface area (Å²) in [5.74, 6) is -1.16. The number of rotatable bonds is 6. The van der Waals surface area contributed by atoms with E-state index in [1.165, 1.54) is 11.7 Å². The van der Waals surface area contributed by atoms with Crippen molar-refractivity contribution in [2.75, 3.05) is 20.8 Å². The van der Waals surface area contributed by atoms with E-state index >= 15 is 0 Å². The first-order chi connectivity index (χ1) is 20.4. The van der Waals surface area contributed by atoms with Crippen molar-refractivity contribution < 1.29 is 33.4 Å². The van der Waals surface area contributed by atoms with Crippen molar-refractivity contribution in [2.45, 2.75) is 69.7 Å².